The first kappa shape index (κ1) is 12.9. The van der Waals surface area contributed by atoms with E-state index < -0.39 is 0 Å². The molecule has 80 valence electrons. The van der Waals surface area contributed by atoms with E-state index in [-0.39, 0.29) is 0 Å². The summed E-state index contributed by atoms with van der Waals surface area (Å²) in [6, 6.07) is 0. The summed E-state index contributed by atoms with van der Waals surface area (Å²) in [4.78, 5) is 5.04. The Hall–Kier alpha value is -0.0800. The van der Waals surface area contributed by atoms with Gasteiger partial charge in [0.15, 0.2) is 0 Å². The topological polar surface area (TPSA) is 12.5 Å². The van der Waals surface area contributed by atoms with Crippen molar-refractivity contribution in [3.8, 4) is 0 Å². The molecule has 0 amide bonds. The van der Waals surface area contributed by atoms with Crippen LogP contribution in [0.3, 0.4) is 0 Å². The summed E-state index contributed by atoms with van der Waals surface area (Å²) in [5, 5.41) is 1.89. The Morgan fingerprint density at radius 1 is 1.23 bits per heavy atom. The third kappa shape index (κ3) is 7.03. The van der Waals surface area contributed by atoms with E-state index in [0.717, 1.165) is 6.54 Å². The first-order valence-corrected chi connectivity index (χ1v) is 5.27. The summed E-state index contributed by atoms with van der Waals surface area (Å²) in [7, 11) is 3.70. The number of rotatable bonds is 7. The number of nitrogens with zero attached hydrogens (tertiary/aromatic N) is 1. The minimum Gasteiger partial charge on any atom is -0.303 e. The van der Waals surface area contributed by atoms with Gasteiger partial charge in [0.25, 0.3) is 0 Å². The predicted octanol–water partition coefficient (Wildman–Crippen LogP) is 3.09. The molecule has 0 saturated carbocycles. The van der Waals surface area contributed by atoms with E-state index in [9.17, 15) is 0 Å². The lowest BCUT2D eigenvalue weighted by Crippen LogP contribution is -2.18. The highest BCUT2D eigenvalue weighted by atomic mass is 16.7. The average Bonchev–Trinajstić information content (AvgIpc) is 2.12. The first-order chi connectivity index (χ1) is 6.02. The van der Waals surface area contributed by atoms with Crippen LogP contribution in [0.4, 0.5) is 0 Å². The monoisotopic (exact) mass is 187 g/mol. The molecule has 0 unspecified atom stereocenters. The maximum Gasteiger partial charge on any atom is 0.0575 e. The average molecular weight is 187 g/mol. The molecule has 0 bridgehead atoms. The highest BCUT2D eigenvalue weighted by Crippen LogP contribution is 2.26. The van der Waals surface area contributed by atoms with Crippen molar-refractivity contribution in [3.05, 3.63) is 0 Å². The fraction of sp³-hybridized carbons (Fsp3) is 1.00. The van der Waals surface area contributed by atoms with Gasteiger partial charge in [-0.3, -0.25) is 0 Å². The van der Waals surface area contributed by atoms with E-state index in [0.29, 0.717) is 5.41 Å². The molecule has 0 aromatic rings. The van der Waals surface area contributed by atoms with E-state index in [1.807, 2.05) is 12.1 Å². The Morgan fingerprint density at radius 2 is 1.85 bits per heavy atom. The van der Waals surface area contributed by atoms with Gasteiger partial charge in [0, 0.05) is 13.6 Å². The lowest BCUT2D eigenvalue weighted by Gasteiger charge is -2.22. The lowest BCUT2D eigenvalue weighted by molar-refractivity contribution is -0.109. The molecule has 0 fully saturated rings. The molecule has 0 aliphatic heterocycles. The van der Waals surface area contributed by atoms with Gasteiger partial charge >= 0.3 is 0 Å². The van der Waals surface area contributed by atoms with Gasteiger partial charge in [0.05, 0.1) is 7.11 Å². The maximum absolute atomic E-state index is 5.04. The predicted molar refractivity (Wildman–Crippen MR) is 57.6 cm³/mol. The van der Waals surface area contributed by atoms with Crippen molar-refractivity contribution in [2.45, 2.75) is 46.5 Å². The quantitative estimate of drug-likeness (QED) is 0.448. The molecule has 0 aromatic carbocycles. The minimum atomic E-state index is 0.519. The molecule has 0 spiro atoms. The highest BCUT2D eigenvalue weighted by Gasteiger charge is 2.13. The summed E-state index contributed by atoms with van der Waals surface area (Å²) in [6.45, 7) is 7.98. The molecular formula is C11H25NO. The van der Waals surface area contributed by atoms with E-state index in [4.69, 9.17) is 4.84 Å². The smallest absolute Gasteiger partial charge is 0.0575 e. The van der Waals surface area contributed by atoms with Crippen LogP contribution in [0.1, 0.15) is 46.5 Å². The number of hydroxylamine groups is 2. The second-order valence-electron chi connectivity index (χ2n) is 4.51. The van der Waals surface area contributed by atoms with Crippen molar-refractivity contribution in [2.75, 3.05) is 20.7 Å². The van der Waals surface area contributed by atoms with Crippen LogP contribution in [0.15, 0.2) is 0 Å². The van der Waals surface area contributed by atoms with E-state index in [2.05, 4.69) is 20.8 Å². The maximum atomic E-state index is 5.04. The lowest BCUT2D eigenvalue weighted by atomic mass is 9.85. The number of hydrogen-bond acceptors (Lipinski definition) is 2. The van der Waals surface area contributed by atoms with Crippen molar-refractivity contribution >= 4 is 0 Å². The summed E-state index contributed by atoms with van der Waals surface area (Å²) in [6.07, 6.45) is 5.12. The second kappa shape index (κ2) is 6.39. The standard InChI is InChI=1S/C11H25NO/c1-6-11(2,3)9-7-8-10-12(4)13-5/h6-10H2,1-5H3. The van der Waals surface area contributed by atoms with Crippen molar-refractivity contribution in [1.82, 2.24) is 5.06 Å². The van der Waals surface area contributed by atoms with Gasteiger partial charge in [0.1, 0.15) is 0 Å². The van der Waals surface area contributed by atoms with Crippen molar-refractivity contribution in [1.29, 1.82) is 0 Å². The highest BCUT2D eigenvalue weighted by molar-refractivity contribution is 4.65. The van der Waals surface area contributed by atoms with Crippen LogP contribution in [-0.4, -0.2) is 25.8 Å². The Kier molecular flexibility index (Phi) is 6.35. The molecule has 0 saturated heterocycles. The molecule has 13 heavy (non-hydrogen) atoms. The molecule has 0 aromatic heterocycles. The molecule has 0 rings (SSSR count). The van der Waals surface area contributed by atoms with Gasteiger partial charge in [-0.15, -0.1) is 0 Å². The molecule has 0 aliphatic rings. The summed E-state index contributed by atoms with van der Waals surface area (Å²) >= 11 is 0. The Morgan fingerprint density at radius 3 is 2.31 bits per heavy atom. The Balaban J connectivity index is 3.35. The van der Waals surface area contributed by atoms with Gasteiger partial charge < -0.3 is 4.84 Å². The third-order valence-corrected chi connectivity index (χ3v) is 2.85. The fourth-order valence-corrected chi connectivity index (χ4v) is 1.21. The molecule has 0 radical (unpaired) electrons. The van der Waals surface area contributed by atoms with E-state index in [1.54, 1.807) is 7.11 Å². The van der Waals surface area contributed by atoms with Crippen LogP contribution < -0.4 is 0 Å². The second-order valence-corrected chi connectivity index (χ2v) is 4.51. The molecule has 0 aliphatic carbocycles. The molecule has 0 N–H and O–H groups in total. The van der Waals surface area contributed by atoms with Crippen LogP contribution in [0.25, 0.3) is 0 Å². The first-order valence-electron chi connectivity index (χ1n) is 5.27. The van der Waals surface area contributed by atoms with Gasteiger partial charge in [-0.25, -0.2) is 0 Å². The summed E-state index contributed by atoms with van der Waals surface area (Å²) < 4.78 is 0. The van der Waals surface area contributed by atoms with Crippen LogP contribution >= 0.6 is 0 Å². The number of hydrogen-bond donors (Lipinski definition) is 0. The molecule has 2 heteroatoms. The van der Waals surface area contributed by atoms with Crippen LogP contribution in [0, 0.1) is 5.41 Å². The van der Waals surface area contributed by atoms with Crippen LogP contribution in [0.5, 0.6) is 0 Å². The van der Waals surface area contributed by atoms with Crippen molar-refractivity contribution in [3.63, 3.8) is 0 Å². The Labute approximate surface area is 83.2 Å². The SMILES string of the molecule is CCC(C)(C)CCCCN(C)OC. The van der Waals surface area contributed by atoms with Gasteiger partial charge in [-0.1, -0.05) is 33.6 Å². The zero-order valence-corrected chi connectivity index (χ0v) is 9.89. The van der Waals surface area contributed by atoms with Crippen molar-refractivity contribution in [2.24, 2.45) is 5.41 Å². The van der Waals surface area contributed by atoms with Crippen LogP contribution in [-0.2, 0) is 4.84 Å². The van der Waals surface area contributed by atoms with Crippen LogP contribution in [0.2, 0.25) is 0 Å². The zero-order valence-electron chi connectivity index (χ0n) is 9.89. The Bertz CT molecular complexity index is 123. The molecular weight excluding hydrogens is 162 g/mol. The van der Waals surface area contributed by atoms with Gasteiger partial charge in [-0.2, -0.15) is 5.06 Å². The third-order valence-electron chi connectivity index (χ3n) is 2.85. The van der Waals surface area contributed by atoms with E-state index >= 15 is 0 Å². The molecule has 2 nitrogen and oxygen atoms in total. The fourth-order valence-electron chi connectivity index (χ4n) is 1.21. The summed E-state index contributed by atoms with van der Waals surface area (Å²) in [5.74, 6) is 0. The molecule has 0 heterocycles. The normalized spacial score (nSPS) is 12.5. The largest absolute Gasteiger partial charge is 0.303 e. The van der Waals surface area contributed by atoms with Gasteiger partial charge in [-0.05, 0) is 18.3 Å². The number of unbranched alkanes of at least 4 members (excludes halogenated alkanes) is 1. The van der Waals surface area contributed by atoms with E-state index in [1.165, 1.54) is 25.7 Å². The van der Waals surface area contributed by atoms with Gasteiger partial charge in [0.2, 0.25) is 0 Å². The zero-order chi connectivity index (χ0) is 10.3. The minimum absolute atomic E-state index is 0.519. The van der Waals surface area contributed by atoms with Crippen molar-refractivity contribution < 1.29 is 4.84 Å². The molecule has 0 atom stereocenters. The summed E-state index contributed by atoms with van der Waals surface area (Å²) in [5.41, 5.74) is 0.519.